The summed E-state index contributed by atoms with van der Waals surface area (Å²) in [6.45, 7) is 7.16. The number of benzene rings is 1. The van der Waals surface area contributed by atoms with Gasteiger partial charge in [0.05, 0.1) is 12.8 Å². The average Bonchev–Trinajstić information content (AvgIpc) is 2.67. The highest BCUT2D eigenvalue weighted by atomic mass is 16.5. The molecule has 26 heavy (non-hydrogen) atoms. The normalized spacial score (nSPS) is 10.7. The SMILES string of the molecule is C=C(/C=N\C(N)=C/C)c1cccnc1.COc1ccccc1NC(C)=O. The third-order valence-electron chi connectivity index (χ3n) is 3.12. The van der Waals surface area contributed by atoms with E-state index in [4.69, 9.17) is 10.5 Å². The molecule has 0 atom stereocenters. The Hall–Kier alpha value is -3.41. The molecule has 0 aliphatic rings. The molecule has 0 aliphatic carbocycles. The fraction of sp³-hybridized carbons (Fsp3) is 0.150. The molecule has 1 amide bonds. The third-order valence-corrected chi connectivity index (χ3v) is 3.12. The number of carbonyl (C=O) groups excluding carboxylic acids is 1. The summed E-state index contributed by atoms with van der Waals surface area (Å²) in [5.74, 6) is 1.06. The number of ether oxygens (including phenoxy) is 1. The number of hydrogen-bond acceptors (Lipinski definition) is 5. The van der Waals surface area contributed by atoms with Crippen LogP contribution in [0.2, 0.25) is 0 Å². The Morgan fingerprint density at radius 2 is 2.04 bits per heavy atom. The molecule has 3 N–H and O–H groups in total. The number of amides is 1. The summed E-state index contributed by atoms with van der Waals surface area (Å²) in [5.41, 5.74) is 7.95. The van der Waals surface area contributed by atoms with Crippen molar-refractivity contribution in [2.24, 2.45) is 10.7 Å². The molecule has 0 bridgehead atoms. The number of rotatable bonds is 5. The van der Waals surface area contributed by atoms with E-state index < -0.39 is 0 Å². The summed E-state index contributed by atoms with van der Waals surface area (Å²) in [4.78, 5) is 18.7. The Labute approximate surface area is 154 Å². The zero-order valence-corrected chi connectivity index (χ0v) is 15.3. The molecule has 1 aromatic heterocycles. The number of pyridine rings is 1. The van der Waals surface area contributed by atoms with Gasteiger partial charge in [0.25, 0.3) is 0 Å². The largest absolute Gasteiger partial charge is 0.495 e. The highest BCUT2D eigenvalue weighted by Crippen LogP contribution is 2.22. The fourth-order valence-corrected chi connectivity index (χ4v) is 1.79. The second-order valence-corrected chi connectivity index (χ2v) is 5.12. The fourth-order valence-electron chi connectivity index (χ4n) is 1.79. The van der Waals surface area contributed by atoms with E-state index in [9.17, 15) is 4.79 Å². The van der Waals surface area contributed by atoms with Crippen LogP contribution in [-0.4, -0.2) is 24.2 Å². The second-order valence-electron chi connectivity index (χ2n) is 5.12. The standard InChI is InChI=1S/C11H13N3.C9H11NO2/c1-3-11(12)14-7-9(2)10-5-4-6-13-8-10;1-7(11)10-8-5-3-4-6-9(8)12-2/h3-8H,2,12H2,1H3;3-6H,1-2H3,(H,10,11)/b11-3-,14-7-;. The van der Waals surface area contributed by atoms with Gasteiger partial charge in [0, 0.05) is 31.1 Å². The quantitative estimate of drug-likeness (QED) is 0.804. The monoisotopic (exact) mass is 352 g/mol. The number of para-hydroxylation sites is 2. The van der Waals surface area contributed by atoms with Crippen LogP contribution in [0.1, 0.15) is 19.4 Å². The summed E-state index contributed by atoms with van der Waals surface area (Å²) >= 11 is 0. The maximum absolute atomic E-state index is 10.7. The van der Waals surface area contributed by atoms with Crippen LogP contribution in [0.5, 0.6) is 5.75 Å². The first-order chi connectivity index (χ1) is 12.5. The Bertz CT molecular complexity index is 783. The maximum Gasteiger partial charge on any atom is 0.221 e. The van der Waals surface area contributed by atoms with E-state index in [1.165, 1.54) is 6.92 Å². The van der Waals surface area contributed by atoms with Gasteiger partial charge in [0.1, 0.15) is 11.6 Å². The second kappa shape index (κ2) is 11.2. The summed E-state index contributed by atoms with van der Waals surface area (Å²) in [7, 11) is 1.57. The van der Waals surface area contributed by atoms with Crippen molar-refractivity contribution in [3.63, 3.8) is 0 Å². The highest BCUT2D eigenvalue weighted by molar-refractivity contribution is 6.08. The Morgan fingerprint density at radius 1 is 1.31 bits per heavy atom. The minimum atomic E-state index is -0.0977. The molecule has 1 aromatic carbocycles. The van der Waals surface area contributed by atoms with E-state index in [0.717, 1.165) is 11.1 Å². The van der Waals surface area contributed by atoms with Gasteiger partial charge in [0.2, 0.25) is 5.91 Å². The van der Waals surface area contributed by atoms with Crippen LogP contribution in [0.4, 0.5) is 5.69 Å². The van der Waals surface area contributed by atoms with E-state index >= 15 is 0 Å². The minimum Gasteiger partial charge on any atom is -0.495 e. The Balaban J connectivity index is 0.000000263. The molecule has 136 valence electrons. The van der Waals surface area contributed by atoms with Crippen molar-refractivity contribution in [2.45, 2.75) is 13.8 Å². The van der Waals surface area contributed by atoms with Gasteiger partial charge in [-0.1, -0.05) is 24.8 Å². The highest BCUT2D eigenvalue weighted by Gasteiger charge is 2.01. The Morgan fingerprint density at radius 3 is 2.62 bits per heavy atom. The molecule has 0 spiro atoms. The van der Waals surface area contributed by atoms with E-state index in [2.05, 4.69) is 21.9 Å². The molecule has 0 aliphatic heterocycles. The first-order valence-electron chi connectivity index (χ1n) is 7.93. The molecule has 0 fully saturated rings. The molecule has 2 aromatic rings. The molecule has 2 rings (SSSR count). The molecular weight excluding hydrogens is 328 g/mol. The van der Waals surface area contributed by atoms with Crippen molar-refractivity contribution in [3.05, 3.63) is 72.8 Å². The van der Waals surface area contributed by atoms with E-state index in [1.807, 2.05) is 31.2 Å². The van der Waals surface area contributed by atoms with Crippen LogP contribution in [0, 0.1) is 0 Å². The smallest absolute Gasteiger partial charge is 0.221 e. The van der Waals surface area contributed by atoms with Gasteiger partial charge in [0.15, 0.2) is 0 Å². The summed E-state index contributed by atoms with van der Waals surface area (Å²) in [6.07, 6.45) is 6.81. The number of aliphatic imine (C=N–C) groups is 1. The lowest BCUT2D eigenvalue weighted by molar-refractivity contribution is -0.114. The minimum absolute atomic E-state index is 0.0977. The maximum atomic E-state index is 10.7. The number of methoxy groups -OCH3 is 1. The molecule has 6 heteroatoms. The zero-order chi connectivity index (χ0) is 19.4. The first kappa shape index (κ1) is 20.6. The average molecular weight is 352 g/mol. The van der Waals surface area contributed by atoms with Crippen LogP contribution in [0.25, 0.3) is 5.57 Å². The number of anilines is 1. The number of nitrogens with zero attached hydrogens (tertiary/aromatic N) is 2. The van der Waals surface area contributed by atoms with Crippen LogP contribution < -0.4 is 15.8 Å². The van der Waals surface area contributed by atoms with Crippen molar-refractivity contribution < 1.29 is 9.53 Å². The lowest BCUT2D eigenvalue weighted by Crippen LogP contribution is -2.06. The molecule has 0 saturated carbocycles. The number of nitrogens with two attached hydrogens (primary N) is 1. The van der Waals surface area contributed by atoms with Crippen LogP contribution >= 0.6 is 0 Å². The van der Waals surface area contributed by atoms with Crippen molar-refractivity contribution in [1.29, 1.82) is 0 Å². The van der Waals surface area contributed by atoms with E-state index in [1.54, 1.807) is 43.9 Å². The van der Waals surface area contributed by atoms with Gasteiger partial charge in [-0.05, 0) is 36.8 Å². The Kier molecular flexibility index (Phi) is 8.89. The molecule has 0 saturated heterocycles. The molecular formula is C20H24N4O2. The van der Waals surface area contributed by atoms with Crippen molar-refractivity contribution in [1.82, 2.24) is 4.98 Å². The van der Waals surface area contributed by atoms with Crippen LogP contribution in [0.15, 0.2) is 72.3 Å². The van der Waals surface area contributed by atoms with Gasteiger partial charge in [-0.2, -0.15) is 0 Å². The lowest BCUT2D eigenvalue weighted by Gasteiger charge is -2.07. The van der Waals surface area contributed by atoms with Crippen molar-refractivity contribution in [2.75, 3.05) is 12.4 Å². The summed E-state index contributed by atoms with van der Waals surface area (Å²) in [5, 5.41) is 2.66. The molecule has 0 unspecified atom stereocenters. The topological polar surface area (TPSA) is 89.6 Å². The predicted molar refractivity (Wildman–Crippen MR) is 107 cm³/mol. The van der Waals surface area contributed by atoms with Crippen molar-refractivity contribution in [3.8, 4) is 5.75 Å². The zero-order valence-electron chi connectivity index (χ0n) is 15.3. The molecule has 1 heterocycles. The number of nitrogens with one attached hydrogen (secondary N) is 1. The molecule has 6 nitrogen and oxygen atoms in total. The summed E-state index contributed by atoms with van der Waals surface area (Å²) < 4.78 is 5.03. The van der Waals surface area contributed by atoms with Gasteiger partial charge < -0.3 is 15.8 Å². The van der Waals surface area contributed by atoms with E-state index in [0.29, 0.717) is 17.3 Å². The van der Waals surface area contributed by atoms with Gasteiger partial charge >= 0.3 is 0 Å². The number of allylic oxidation sites excluding steroid dienone is 2. The lowest BCUT2D eigenvalue weighted by atomic mass is 10.1. The van der Waals surface area contributed by atoms with Gasteiger partial charge in [-0.3, -0.25) is 9.78 Å². The summed E-state index contributed by atoms with van der Waals surface area (Å²) in [6, 6.07) is 11.1. The van der Waals surface area contributed by atoms with Crippen LogP contribution in [-0.2, 0) is 4.79 Å². The number of hydrogen-bond donors (Lipinski definition) is 2. The number of aromatic nitrogens is 1. The van der Waals surface area contributed by atoms with Crippen LogP contribution in [0.3, 0.4) is 0 Å². The third kappa shape index (κ3) is 7.44. The number of carbonyl (C=O) groups is 1. The molecule has 0 radical (unpaired) electrons. The van der Waals surface area contributed by atoms with Gasteiger partial charge in [-0.15, -0.1) is 0 Å². The van der Waals surface area contributed by atoms with Gasteiger partial charge in [-0.25, -0.2) is 4.99 Å². The van der Waals surface area contributed by atoms with Crippen molar-refractivity contribution >= 4 is 23.4 Å². The first-order valence-corrected chi connectivity index (χ1v) is 7.93. The van der Waals surface area contributed by atoms with E-state index in [-0.39, 0.29) is 5.91 Å². The predicted octanol–water partition coefficient (Wildman–Crippen LogP) is 3.64.